The van der Waals surface area contributed by atoms with Crippen molar-refractivity contribution in [3.63, 3.8) is 0 Å². The molecule has 4 N–H and O–H groups in total. The van der Waals surface area contributed by atoms with E-state index in [1.165, 1.54) is 6.92 Å². The van der Waals surface area contributed by atoms with Gasteiger partial charge in [0.25, 0.3) is 5.91 Å². The molecule has 3 amide bonds. The lowest BCUT2D eigenvalue weighted by atomic mass is 10.1. The summed E-state index contributed by atoms with van der Waals surface area (Å²) in [6.07, 6.45) is -0.859. The number of amides is 3. The minimum absolute atomic E-state index is 0.196. The minimum Gasteiger partial charge on any atom is -0.394 e. The number of fused-ring (bicyclic) bond motifs is 1. The third-order valence-electron chi connectivity index (χ3n) is 4.62. The molecule has 7 nitrogen and oxygen atoms in total. The first-order valence-electron chi connectivity index (χ1n) is 8.80. The second kappa shape index (κ2) is 8.20. The standard InChI is InChI=1S/C20H23N3O4/c1-13(25)18(12-24)22-19(26)14-6-8-17(9-7-14)21-20(27)23-10-15-4-2-3-5-16(15)11-23/h2-9,13,18,24-25H,10-12H2,1H3,(H,21,27)(H,22,26)/t13-,18+/m1/s1. The number of carbonyl (C=O) groups excluding carboxylic acids is 2. The fourth-order valence-corrected chi connectivity index (χ4v) is 2.95. The number of carbonyl (C=O) groups is 2. The third-order valence-corrected chi connectivity index (χ3v) is 4.62. The van der Waals surface area contributed by atoms with Gasteiger partial charge in [-0.05, 0) is 42.3 Å². The number of anilines is 1. The SMILES string of the molecule is C[C@@H](O)[C@H](CO)NC(=O)c1ccc(NC(=O)N2Cc3ccccc3C2)cc1. The van der Waals surface area contributed by atoms with E-state index in [9.17, 15) is 19.8 Å². The zero-order valence-corrected chi connectivity index (χ0v) is 15.1. The van der Waals surface area contributed by atoms with Crippen molar-refractivity contribution in [2.45, 2.75) is 32.2 Å². The molecule has 2 aromatic rings. The van der Waals surface area contributed by atoms with E-state index in [0.29, 0.717) is 24.3 Å². The molecule has 142 valence electrons. The summed E-state index contributed by atoms with van der Waals surface area (Å²) in [5.74, 6) is -0.400. The molecule has 27 heavy (non-hydrogen) atoms. The quantitative estimate of drug-likeness (QED) is 0.644. The fraction of sp³-hybridized carbons (Fsp3) is 0.300. The van der Waals surface area contributed by atoms with Gasteiger partial charge in [0.2, 0.25) is 0 Å². The molecule has 0 aromatic heterocycles. The average Bonchev–Trinajstić information content (AvgIpc) is 3.10. The number of urea groups is 1. The maximum Gasteiger partial charge on any atom is 0.322 e. The van der Waals surface area contributed by atoms with Crippen LogP contribution in [0.3, 0.4) is 0 Å². The molecule has 0 unspecified atom stereocenters. The van der Waals surface area contributed by atoms with Gasteiger partial charge in [-0.15, -0.1) is 0 Å². The monoisotopic (exact) mass is 369 g/mol. The number of hydrogen-bond acceptors (Lipinski definition) is 4. The Balaban J connectivity index is 1.58. The molecule has 0 bridgehead atoms. The number of nitrogens with one attached hydrogen (secondary N) is 2. The minimum atomic E-state index is -0.859. The molecule has 0 aliphatic carbocycles. The van der Waals surface area contributed by atoms with Crippen LogP contribution in [0.15, 0.2) is 48.5 Å². The van der Waals surface area contributed by atoms with Crippen molar-refractivity contribution in [3.8, 4) is 0 Å². The zero-order valence-electron chi connectivity index (χ0n) is 15.1. The van der Waals surface area contributed by atoms with Crippen molar-refractivity contribution >= 4 is 17.6 Å². The van der Waals surface area contributed by atoms with Gasteiger partial charge in [0.15, 0.2) is 0 Å². The van der Waals surface area contributed by atoms with Crippen LogP contribution in [0.4, 0.5) is 10.5 Å². The number of benzene rings is 2. The molecule has 0 saturated heterocycles. The molecular formula is C20H23N3O4. The van der Waals surface area contributed by atoms with Gasteiger partial charge in [-0.1, -0.05) is 24.3 Å². The summed E-state index contributed by atoms with van der Waals surface area (Å²) in [5, 5.41) is 24.1. The molecule has 0 fully saturated rings. The second-order valence-electron chi connectivity index (χ2n) is 6.64. The van der Waals surface area contributed by atoms with E-state index in [-0.39, 0.29) is 12.6 Å². The highest BCUT2D eigenvalue weighted by Gasteiger charge is 2.23. The average molecular weight is 369 g/mol. The second-order valence-corrected chi connectivity index (χ2v) is 6.64. The van der Waals surface area contributed by atoms with Gasteiger partial charge in [0, 0.05) is 24.3 Å². The molecule has 7 heteroatoms. The van der Waals surface area contributed by atoms with E-state index < -0.39 is 18.1 Å². The first-order valence-corrected chi connectivity index (χ1v) is 8.80. The van der Waals surface area contributed by atoms with Crippen LogP contribution < -0.4 is 10.6 Å². The topological polar surface area (TPSA) is 102 Å². The van der Waals surface area contributed by atoms with Crippen LogP contribution in [0.25, 0.3) is 0 Å². The van der Waals surface area contributed by atoms with E-state index >= 15 is 0 Å². The Labute approximate surface area is 157 Å². The van der Waals surface area contributed by atoms with Crippen LogP contribution in [0.2, 0.25) is 0 Å². The first kappa shape index (κ1) is 18.9. The van der Waals surface area contributed by atoms with Gasteiger partial charge < -0.3 is 25.7 Å². The molecule has 2 aromatic carbocycles. The molecule has 1 aliphatic heterocycles. The maximum atomic E-state index is 12.4. The highest BCUT2D eigenvalue weighted by Crippen LogP contribution is 2.23. The van der Waals surface area contributed by atoms with Crippen LogP contribution in [-0.4, -0.2) is 45.8 Å². The van der Waals surface area contributed by atoms with Crippen LogP contribution >= 0.6 is 0 Å². The Hall–Kier alpha value is -2.90. The Morgan fingerprint density at radius 1 is 1.07 bits per heavy atom. The van der Waals surface area contributed by atoms with E-state index in [0.717, 1.165) is 11.1 Å². The smallest absolute Gasteiger partial charge is 0.322 e. The molecule has 2 atom stereocenters. The summed E-state index contributed by atoms with van der Waals surface area (Å²) in [4.78, 5) is 26.3. The molecule has 1 heterocycles. The van der Waals surface area contributed by atoms with Crippen molar-refractivity contribution in [1.82, 2.24) is 10.2 Å². The number of aliphatic hydroxyl groups is 2. The Bertz CT molecular complexity index is 795. The Morgan fingerprint density at radius 3 is 2.19 bits per heavy atom. The lowest BCUT2D eigenvalue weighted by Crippen LogP contribution is -2.44. The van der Waals surface area contributed by atoms with Gasteiger partial charge >= 0.3 is 6.03 Å². The lowest BCUT2D eigenvalue weighted by molar-refractivity contribution is 0.0758. The highest BCUT2D eigenvalue weighted by molar-refractivity contribution is 5.95. The summed E-state index contributed by atoms with van der Waals surface area (Å²) in [6.45, 7) is 2.29. The Kier molecular flexibility index (Phi) is 5.73. The first-order chi connectivity index (χ1) is 13.0. The van der Waals surface area contributed by atoms with Gasteiger partial charge in [-0.25, -0.2) is 4.79 Å². The molecular weight excluding hydrogens is 346 g/mol. The summed E-state index contributed by atoms with van der Waals surface area (Å²) >= 11 is 0. The predicted molar refractivity (Wildman–Crippen MR) is 101 cm³/mol. The van der Waals surface area contributed by atoms with Crippen LogP contribution in [0.1, 0.15) is 28.4 Å². The van der Waals surface area contributed by atoms with Crippen molar-refractivity contribution in [2.24, 2.45) is 0 Å². The van der Waals surface area contributed by atoms with Gasteiger partial charge in [0.05, 0.1) is 18.8 Å². The summed E-state index contributed by atoms with van der Waals surface area (Å²) in [6, 6.07) is 13.5. The van der Waals surface area contributed by atoms with Crippen molar-refractivity contribution in [2.75, 3.05) is 11.9 Å². The number of aliphatic hydroxyl groups excluding tert-OH is 2. The van der Waals surface area contributed by atoms with E-state index in [1.54, 1.807) is 29.2 Å². The summed E-state index contributed by atoms with van der Waals surface area (Å²) < 4.78 is 0. The largest absolute Gasteiger partial charge is 0.394 e. The van der Waals surface area contributed by atoms with Crippen molar-refractivity contribution in [1.29, 1.82) is 0 Å². The molecule has 1 aliphatic rings. The maximum absolute atomic E-state index is 12.4. The molecule has 0 radical (unpaired) electrons. The van der Waals surface area contributed by atoms with Crippen molar-refractivity contribution < 1.29 is 19.8 Å². The Morgan fingerprint density at radius 2 is 1.67 bits per heavy atom. The lowest BCUT2D eigenvalue weighted by Gasteiger charge is -2.19. The van der Waals surface area contributed by atoms with Crippen LogP contribution in [-0.2, 0) is 13.1 Å². The summed E-state index contributed by atoms with van der Waals surface area (Å²) in [5.41, 5.74) is 3.26. The summed E-state index contributed by atoms with van der Waals surface area (Å²) in [7, 11) is 0. The van der Waals surface area contributed by atoms with Gasteiger partial charge in [-0.3, -0.25) is 4.79 Å². The molecule has 0 saturated carbocycles. The van der Waals surface area contributed by atoms with E-state index in [2.05, 4.69) is 10.6 Å². The molecule has 3 rings (SSSR count). The molecule has 0 spiro atoms. The van der Waals surface area contributed by atoms with E-state index in [1.807, 2.05) is 24.3 Å². The van der Waals surface area contributed by atoms with Gasteiger partial charge in [-0.2, -0.15) is 0 Å². The predicted octanol–water partition coefficient (Wildman–Crippen LogP) is 1.71. The number of nitrogens with zero attached hydrogens (tertiary/aromatic N) is 1. The number of rotatable bonds is 5. The van der Waals surface area contributed by atoms with Crippen LogP contribution in [0, 0.1) is 0 Å². The normalized spacial score (nSPS) is 15.0. The van der Waals surface area contributed by atoms with Crippen molar-refractivity contribution in [3.05, 3.63) is 65.2 Å². The van der Waals surface area contributed by atoms with Gasteiger partial charge in [0.1, 0.15) is 0 Å². The van der Waals surface area contributed by atoms with Crippen LogP contribution in [0.5, 0.6) is 0 Å². The number of hydrogen-bond donors (Lipinski definition) is 4. The zero-order chi connectivity index (χ0) is 19.4. The highest BCUT2D eigenvalue weighted by atomic mass is 16.3. The van der Waals surface area contributed by atoms with E-state index in [4.69, 9.17) is 0 Å². The fourth-order valence-electron chi connectivity index (χ4n) is 2.95. The third kappa shape index (κ3) is 4.45.